The van der Waals surface area contributed by atoms with Gasteiger partial charge in [0, 0.05) is 6.54 Å². The summed E-state index contributed by atoms with van der Waals surface area (Å²) in [6.45, 7) is 11.4. The number of amides is 3. The summed E-state index contributed by atoms with van der Waals surface area (Å²) in [5, 5.41) is 25.6. The van der Waals surface area contributed by atoms with E-state index in [1.807, 2.05) is 13.8 Å². The second-order valence-corrected chi connectivity index (χ2v) is 12.2. The highest BCUT2D eigenvalue weighted by Crippen LogP contribution is 2.35. The molecule has 14 heteroatoms. The molecule has 1 aliphatic carbocycles. The van der Waals surface area contributed by atoms with Crippen molar-refractivity contribution in [2.75, 3.05) is 19.8 Å². The summed E-state index contributed by atoms with van der Waals surface area (Å²) in [5.74, 6) is -0.711. The summed E-state index contributed by atoms with van der Waals surface area (Å²) in [4.78, 5) is 52.2. The molecule has 2 rings (SSSR count). The number of ether oxygens (including phenoxy) is 3. The van der Waals surface area contributed by atoms with E-state index in [0.29, 0.717) is 37.6 Å². The lowest BCUT2D eigenvalue weighted by molar-refractivity contribution is -0.132. The summed E-state index contributed by atoms with van der Waals surface area (Å²) in [5.41, 5.74) is 5.51. The highest BCUT2D eigenvalue weighted by atomic mass is 16.7. The molecule has 3 amide bonds. The molecule has 1 saturated heterocycles. The Labute approximate surface area is 248 Å². The van der Waals surface area contributed by atoms with Crippen molar-refractivity contribution in [1.82, 2.24) is 20.9 Å². The van der Waals surface area contributed by atoms with E-state index >= 15 is 0 Å². The maximum atomic E-state index is 13.1. The average Bonchev–Trinajstić information content (AvgIpc) is 2.90. The van der Waals surface area contributed by atoms with Crippen LogP contribution in [0.3, 0.4) is 0 Å². The monoisotopic (exact) mass is 598 g/mol. The van der Waals surface area contributed by atoms with E-state index < -0.39 is 55.0 Å². The number of carbonyl (C=O) groups excluding carboxylic acids is 4. The van der Waals surface area contributed by atoms with E-state index in [2.05, 4.69) is 36.7 Å². The van der Waals surface area contributed by atoms with E-state index in [4.69, 9.17) is 25.4 Å². The molecule has 0 aromatic rings. The molecule has 0 bridgehead atoms. The van der Waals surface area contributed by atoms with Crippen LogP contribution in [0.5, 0.6) is 0 Å². The SMILES string of the molecule is CC(C)COC(=O)NC(COC(=O)OC1CC(C)CCC1C(C)C)C(=O)NC(C)C(=O)NC1CCCN(C(=N)N)C1O. The summed E-state index contributed by atoms with van der Waals surface area (Å²) in [6.07, 6.45) is 0.447. The third-order valence-electron chi connectivity index (χ3n) is 7.72. The third kappa shape index (κ3) is 10.8. The standard InChI is InChI=1S/C28H50N6O8/c1-15(2)13-40-27(38)33-21(14-41-28(39)42-22-12-17(5)9-10-19(22)16(3)4)24(36)31-18(6)23(35)32-20-8-7-11-34(25(20)37)26(29)30/h15-22,25,37H,7-14H2,1-6H3,(H3,29,30)(H,31,36)(H,32,35)(H,33,38). The largest absolute Gasteiger partial charge is 0.508 e. The Bertz CT molecular complexity index is 947. The third-order valence-corrected chi connectivity index (χ3v) is 7.72. The van der Waals surface area contributed by atoms with Gasteiger partial charge in [0.1, 0.15) is 31.0 Å². The molecule has 7 atom stereocenters. The van der Waals surface area contributed by atoms with Gasteiger partial charge in [-0.25, -0.2) is 9.59 Å². The number of nitrogens with two attached hydrogens (primary N) is 1. The molecule has 0 aromatic heterocycles. The van der Waals surface area contributed by atoms with Crippen molar-refractivity contribution in [3.8, 4) is 0 Å². The van der Waals surface area contributed by atoms with Crippen LogP contribution >= 0.6 is 0 Å². The predicted molar refractivity (Wildman–Crippen MR) is 154 cm³/mol. The lowest BCUT2D eigenvalue weighted by atomic mass is 9.75. The fourth-order valence-corrected chi connectivity index (χ4v) is 5.25. The Morgan fingerprint density at radius 3 is 2.31 bits per heavy atom. The van der Waals surface area contributed by atoms with Gasteiger partial charge in [-0.05, 0) is 56.3 Å². The van der Waals surface area contributed by atoms with Gasteiger partial charge in [-0.1, -0.05) is 41.0 Å². The molecular formula is C28H50N6O8. The van der Waals surface area contributed by atoms with Crippen LogP contribution in [-0.2, 0) is 23.8 Å². The summed E-state index contributed by atoms with van der Waals surface area (Å²) >= 11 is 0. The Kier molecular flexibility index (Phi) is 13.6. The van der Waals surface area contributed by atoms with Crippen LogP contribution in [0.25, 0.3) is 0 Å². The molecule has 7 N–H and O–H groups in total. The number of nitrogens with one attached hydrogen (secondary N) is 4. The highest BCUT2D eigenvalue weighted by Gasteiger charge is 2.36. The number of rotatable bonds is 11. The second kappa shape index (κ2) is 16.4. The Balaban J connectivity index is 2.01. The number of alkyl carbamates (subject to hydrolysis) is 1. The van der Waals surface area contributed by atoms with Gasteiger partial charge in [-0.3, -0.25) is 15.0 Å². The molecule has 1 aliphatic heterocycles. The van der Waals surface area contributed by atoms with Gasteiger partial charge in [0.15, 0.2) is 5.96 Å². The van der Waals surface area contributed by atoms with Gasteiger partial charge in [0.05, 0.1) is 12.6 Å². The summed E-state index contributed by atoms with van der Waals surface area (Å²) < 4.78 is 16.0. The minimum atomic E-state index is -1.37. The highest BCUT2D eigenvalue weighted by molar-refractivity contribution is 5.91. The minimum Gasteiger partial charge on any atom is -0.449 e. The van der Waals surface area contributed by atoms with Crippen molar-refractivity contribution in [1.29, 1.82) is 5.41 Å². The minimum absolute atomic E-state index is 0.0545. The zero-order valence-corrected chi connectivity index (χ0v) is 25.7. The number of hydrogen-bond donors (Lipinski definition) is 6. The van der Waals surface area contributed by atoms with E-state index in [9.17, 15) is 24.3 Å². The van der Waals surface area contributed by atoms with Gasteiger partial charge < -0.3 is 45.9 Å². The van der Waals surface area contributed by atoms with Gasteiger partial charge in [-0.2, -0.15) is 0 Å². The van der Waals surface area contributed by atoms with Crippen LogP contribution in [0.1, 0.15) is 73.6 Å². The first-order valence-corrected chi connectivity index (χ1v) is 14.9. The molecule has 2 aliphatic rings. The number of likely N-dealkylation sites (tertiary alicyclic amines) is 1. The van der Waals surface area contributed by atoms with Crippen molar-refractivity contribution in [3.05, 3.63) is 0 Å². The van der Waals surface area contributed by atoms with Crippen LogP contribution in [0.4, 0.5) is 9.59 Å². The molecule has 0 radical (unpaired) electrons. The predicted octanol–water partition coefficient (Wildman–Crippen LogP) is 1.65. The lowest BCUT2D eigenvalue weighted by Crippen LogP contribution is -2.61. The van der Waals surface area contributed by atoms with Crippen LogP contribution in [-0.4, -0.2) is 90.2 Å². The molecule has 1 heterocycles. The van der Waals surface area contributed by atoms with Crippen molar-refractivity contribution >= 4 is 30.0 Å². The topological polar surface area (TPSA) is 205 Å². The maximum Gasteiger partial charge on any atom is 0.508 e. The van der Waals surface area contributed by atoms with Crippen molar-refractivity contribution in [2.45, 2.75) is 104 Å². The van der Waals surface area contributed by atoms with Gasteiger partial charge >= 0.3 is 12.2 Å². The fourth-order valence-electron chi connectivity index (χ4n) is 5.25. The van der Waals surface area contributed by atoms with Crippen LogP contribution in [0.2, 0.25) is 0 Å². The molecule has 1 saturated carbocycles. The maximum absolute atomic E-state index is 13.1. The van der Waals surface area contributed by atoms with Crippen LogP contribution < -0.4 is 21.7 Å². The molecular weight excluding hydrogens is 548 g/mol. The molecule has 240 valence electrons. The number of hydrogen-bond acceptors (Lipinski definition) is 9. The second-order valence-electron chi connectivity index (χ2n) is 12.2. The molecule has 42 heavy (non-hydrogen) atoms. The number of piperidine rings is 1. The van der Waals surface area contributed by atoms with Crippen molar-refractivity contribution < 1.29 is 38.5 Å². The first-order valence-electron chi connectivity index (χ1n) is 14.9. The number of carbonyl (C=O) groups is 4. The first-order chi connectivity index (χ1) is 19.7. The number of aliphatic hydroxyl groups is 1. The molecule has 0 aromatic carbocycles. The lowest BCUT2D eigenvalue weighted by Gasteiger charge is -2.38. The zero-order valence-electron chi connectivity index (χ0n) is 25.7. The molecule has 14 nitrogen and oxygen atoms in total. The zero-order chi connectivity index (χ0) is 31.6. The fraction of sp³-hybridized carbons (Fsp3) is 0.821. The van der Waals surface area contributed by atoms with E-state index in [1.54, 1.807) is 0 Å². The van der Waals surface area contributed by atoms with Crippen LogP contribution in [0, 0.1) is 29.1 Å². The quantitative estimate of drug-likeness (QED) is 0.115. The average molecular weight is 599 g/mol. The summed E-state index contributed by atoms with van der Waals surface area (Å²) in [7, 11) is 0. The van der Waals surface area contributed by atoms with Gasteiger partial charge in [0.25, 0.3) is 0 Å². The number of nitrogens with zero attached hydrogens (tertiary/aromatic N) is 1. The van der Waals surface area contributed by atoms with E-state index in [-0.39, 0.29) is 30.5 Å². The van der Waals surface area contributed by atoms with Gasteiger partial charge in [-0.15, -0.1) is 0 Å². The number of aliphatic hydroxyl groups excluding tert-OH is 1. The first kappa shape index (κ1) is 34.9. The van der Waals surface area contributed by atoms with E-state index in [1.165, 1.54) is 11.8 Å². The Hall–Kier alpha value is -3.29. The Morgan fingerprint density at radius 2 is 1.69 bits per heavy atom. The van der Waals surface area contributed by atoms with Crippen molar-refractivity contribution in [2.24, 2.45) is 29.4 Å². The smallest absolute Gasteiger partial charge is 0.449 e. The van der Waals surface area contributed by atoms with Crippen LogP contribution in [0.15, 0.2) is 0 Å². The Morgan fingerprint density at radius 1 is 1.00 bits per heavy atom. The molecule has 7 unspecified atom stereocenters. The van der Waals surface area contributed by atoms with E-state index in [0.717, 1.165) is 12.8 Å². The van der Waals surface area contributed by atoms with Gasteiger partial charge in [0.2, 0.25) is 11.8 Å². The molecule has 2 fully saturated rings. The normalized spacial score (nSPS) is 25.6. The number of guanidine groups is 1. The summed E-state index contributed by atoms with van der Waals surface area (Å²) in [6, 6.07) is -3.15. The molecule has 0 spiro atoms. The van der Waals surface area contributed by atoms with Crippen molar-refractivity contribution in [3.63, 3.8) is 0 Å².